The van der Waals surface area contributed by atoms with Crippen LogP contribution in [0.15, 0.2) is 24.3 Å². The number of rotatable bonds is 5. The maximum atomic E-state index is 12.4. The molecule has 1 aliphatic rings. The van der Waals surface area contributed by atoms with E-state index in [0.717, 1.165) is 18.4 Å². The number of carbonyl (C=O) groups excluding carboxylic acids is 1. The van der Waals surface area contributed by atoms with Gasteiger partial charge in [0.15, 0.2) is 0 Å². The molecule has 0 bridgehead atoms. The van der Waals surface area contributed by atoms with Gasteiger partial charge in [-0.1, -0.05) is 18.2 Å². The van der Waals surface area contributed by atoms with Crippen molar-refractivity contribution in [3.63, 3.8) is 0 Å². The number of carboxylic acid groups (broad SMARTS) is 1. The largest absolute Gasteiger partial charge is 0.478 e. The van der Waals surface area contributed by atoms with Crippen molar-refractivity contribution in [1.29, 1.82) is 0 Å². The summed E-state index contributed by atoms with van der Waals surface area (Å²) in [5.41, 5.74) is 0.310. The monoisotopic (exact) mass is 291 g/mol. The van der Waals surface area contributed by atoms with Gasteiger partial charge in [-0.15, -0.1) is 0 Å². The van der Waals surface area contributed by atoms with Crippen LogP contribution in [-0.4, -0.2) is 47.7 Å². The SMILES string of the molecule is CN(CCc1ccccc1C(=O)O)C(=O)C1(C)CCCO1. The summed E-state index contributed by atoms with van der Waals surface area (Å²) in [6.45, 7) is 2.92. The molecule has 5 nitrogen and oxygen atoms in total. The van der Waals surface area contributed by atoms with Crippen LogP contribution in [-0.2, 0) is 16.0 Å². The van der Waals surface area contributed by atoms with Crippen molar-refractivity contribution in [1.82, 2.24) is 4.90 Å². The predicted molar refractivity (Wildman–Crippen MR) is 78.3 cm³/mol. The molecule has 21 heavy (non-hydrogen) atoms. The lowest BCUT2D eigenvalue weighted by Gasteiger charge is -2.28. The van der Waals surface area contributed by atoms with Gasteiger partial charge in [-0.25, -0.2) is 4.79 Å². The minimum atomic E-state index is -0.939. The molecular formula is C16H21NO4. The molecule has 1 amide bonds. The molecule has 1 N–H and O–H groups in total. The maximum absolute atomic E-state index is 12.4. The molecule has 0 saturated carbocycles. The van der Waals surface area contributed by atoms with Crippen molar-refractivity contribution in [3.05, 3.63) is 35.4 Å². The molecule has 0 aliphatic carbocycles. The van der Waals surface area contributed by atoms with E-state index in [9.17, 15) is 9.59 Å². The van der Waals surface area contributed by atoms with Gasteiger partial charge in [-0.05, 0) is 37.8 Å². The van der Waals surface area contributed by atoms with Gasteiger partial charge in [-0.2, -0.15) is 0 Å². The molecule has 0 spiro atoms. The second-order valence-electron chi connectivity index (χ2n) is 5.62. The number of carbonyl (C=O) groups is 2. The fourth-order valence-corrected chi connectivity index (χ4v) is 2.69. The summed E-state index contributed by atoms with van der Waals surface area (Å²) in [4.78, 5) is 25.2. The minimum Gasteiger partial charge on any atom is -0.478 e. The first-order valence-corrected chi connectivity index (χ1v) is 7.15. The Morgan fingerprint density at radius 3 is 2.71 bits per heavy atom. The Bertz CT molecular complexity index is 535. The number of nitrogens with zero attached hydrogens (tertiary/aromatic N) is 1. The van der Waals surface area contributed by atoms with Crippen LogP contribution in [0.25, 0.3) is 0 Å². The van der Waals surface area contributed by atoms with E-state index in [4.69, 9.17) is 9.84 Å². The highest BCUT2D eigenvalue weighted by atomic mass is 16.5. The van der Waals surface area contributed by atoms with Gasteiger partial charge in [0.2, 0.25) is 0 Å². The van der Waals surface area contributed by atoms with E-state index in [1.165, 1.54) is 0 Å². The summed E-state index contributed by atoms with van der Waals surface area (Å²) in [6.07, 6.45) is 2.15. The Labute approximate surface area is 124 Å². The number of aromatic carboxylic acids is 1. The highest BCUT2D eigenvalue weighted by Gasteiger charge is 2.39. The highest BCUT2D eigenvalue weighted by molar-refractivity contribution is 5.89. The molecule has 5 heteroatoms. The molecule has 0 radical (unpaired) electrons. The third-order valence-electron chi connectivity index (χ3n) is 3.98. The van der Waals surface area contributed by atoms with Crippen molar-refractivity contribution < 1.29 is 19.4 Å². The molecule has 1 unspecified atom stereocenters. The van der Waals surface area contributed by atoms with Gasteiger partial charge in [0.05, 0.1) is 5.56 Å². The normalized spacial score (nSPS) is 21.2. The third kappa shape index (κ3) is 3.42. The van der Waals surface area contributed by atoms with Gasteiger partial charge in [0.25, 0.3) is 5.91 Å². The van der Waals surface area contributed by atoms with Gasteiger partial charge in [0, 0.05) is 20.2 Å². The Morgan fingerprint density at radius 1 is 1.38 bits per heavy atom. The number of hydrogen-bond donors (Lipinski definition) is 1. The zero-order valence-corrected chi connectivity index (χ0v) is 12.5. The van der Waals surface area contributed by atoms with Crippen LogP contribution in [0.4, 0.5) is 0 Å². The van der Waals surface area contributed by atoms with Crippen LogP contribution < -0.4 is 0 Å². The fraction of sp³-hybridized carbons (Fsp3) is 0.500. The maximum Gasteiger partial charge on any atom is 0.335 e. The molecule has 1 saturated heterocycles. The van der Waals surface area contributed by atoms with Crippen LogP contribution in [0.2, 0.25) is 0 Å². The average Bonchev–Trinajstić information content (AvgIpc) is 2.92. The zero-order chi connectivity index (χ0) is 15.5. The summed E-state index contributed by atoms with van der Waals surface area (Å²) in [7, 11) is 1.73. The number of benzene rings is 1. The van der Waals surface area contributed by atoms with Crippen LogP contribution >= 0.6 is 0 Å². The molecular weight excluding hydrogens is 270 g/mol. The lowest BCUT2D eigenvalue weighted by atomic mass is 10.0. The first-order chi connectivity index (χ1) is 9.94. The van der Waals surface area contributed by atoms with E-state index < -0.39 is 11.6 Å². The van der Waals surface area contributed by atoms with Crippen molar-refractivity contribution >= 4 is 11.9 Å². The molecule has 2 rings (SSSR count). The summed E-state index contributed by atoms with van der Waals surface area (Å²) in [5.74, 6) is -0.974. The van der Waals surface area contributed by atoms with E-state index >= 15 is 0 Å². The van der Waals surface area contributed by atoms with Crippen LogP contribution in [0, 0.1) is 0 Å². The Balaban J connectivity index is 2.00. The smallest absolute Gasteiger partial charge is 0.335 e. The standard InChI is InChI=1S/C16H21NO4/c1-16(9-5-11-21-16)15(20)17(2)10-8-12-6-3-4-7-13(12)14(18)19/h3-4,6-7H,5,8-11H2,1-2H3,(H,18,19). The molecule has 1 atom stereocenters. The quantitative estimate of drug-likeness (QED) is 0.900. The Kier molecular flexibility index (Phi) is 4.63. The molecule has 1 aliphatic heterocycles. The van der Waals surface area contributed by atoms with Crippen LogP contribution in [0.5, 0.6) is 0 Å². The summed E-state index contributed by atoms with van der Waals surface area (Å²) in [6, 6.07) is 6.89. The fourth-order valence-electron chi connectivity index (χ4n) is 2.69. The summed E-state index contributed by atoms with van der Waals surface area (Å²) in [5, 5.41) is 9.15. The van der Waals surface area contributed by atoms with E-state index in [-0.39, 0.29) is 5.91 Å². The van der Waals surface area contributed by atoms with Crippen LogP contribution in [0.1, 0.15) is 35.7 Å². The zero-order valence-electron chi connectivity index (χ0n) is 12.5. The third-order valence-corrected chi connectivity index (χ3v) is 3.98. The van der Waals surface area contributed by atoms with Gasteiger partial charge in [0.1, 0.15) is 5.60 Å². The molecule has 1 fully saturated rings. The lowest BCUT2D eigenvalue weighted by Crippen LogP contribution is -2.45. The lowest BCUT2D eigenvalue weighted by molar-refractivity contribution is -0.149. The van der Waals surface area contributed by atoms with Gasteiger partial charge >= 0.3 is 5.97 Å². The van der Waals surface area contributed by atoms with Crippen molar-refractivity contribution in [2.75, 3.05) is 20.2 Å². The van der Waals surface area contributed by atoms with E-state index in [1.54, 1.807) is 30.1 Å². The highest BCUT2D eigenvalue weighted by Crippen LogP contribution is 2.27. The van der Waals surface area contributed by atoms with E-state index in [2.05, 4.69) is 0 Å². The number of likely N-dealkylation sites (N-methyl/N-ethyl adjacent to an activating group) is 1. The molecule has 114 valence electrons. The van der Waals surface area contributed by atoms with Gasteiger partial charge in [-0.3, -0.25) is 4.79 Å². The minimum absolute atomic E-state index is 0.0344. The Morgan fingerprint density at radius 2 is 2.10 bits per heavy atom. The van der Waals surface area contributed by atoms with Crippen LogP contribution in [0.3, 0.4) is 0 Å². The summed E-state index contributed by atoms with van der Waals surface area (Å²) >= 11 is 0. The Hall–Kier alpha value is -1.88. The molecule has 1 heterocycles. The van der Waals surface area contributed by atoms with Gasteiger partial charge < -0.3 is 14.7 Å². The predicted octanol–water partition coefficient (Wildman–Crippen LogP) is 1.95. The number of amides is 1. The topological polar surface area (TPSA) is 66.8 Å². The molecule has 0 aromatic heterocycles. The number of carboxylic acids is 1. The first kappa shape index (κ1) is 15.5. The van der Waals surface area contributed by atoms with E-state index in [1.807, 2.05) is 13.0 Å². The first-order valence-electron chi connectivity index (χ1n) is 7.15. The molecule has 1 aromatic carbocycles. The number of hydrogen-bond acceptors (Lipinski definition) is 3. The second-order valence-corrected chi connectivity index (χ2v) is 5.62. The summed E-state index contributed by atoms with van der Waals surface area (Å²) < 4.78 is 5.55. The average molecular weight is 291 g/mol. The molecule has 1 aromatic rings. The second kappa shape index (κ2) is 6.26. The number of ether oxygens (including phenoxy) is 1. The van der Waals surface area contributed by atoms with Crippen molar-refractivity contribution in [2.24, 2.45) is 0 Å². The van der Waals surface area contributed by atoms with E-state index in [0.29, 0.717) is 25.1 Å². The van der Waals surface area contributed by atoms with Crippen molar-refractivity contribution in [3.8, 4) is 0 Å². The van der Waals surface area contributed by atoms with Crippen molar-refractivity contribution in [2.45, 2.75) is 31.8 Å².